The minimum atomic E-state index is -0.116. The van der Waals surface area contributed by atoms with Crippen LogP contribution in [0.3, 0.4) is 0 Å². The zero-order chi connectivity index (χ0) is 20.8. The molecule has 1 aromatic heterocycles. The van der Waals surface area contributed by atoms with Crippen molar-refractivity contribution < 1.29 is 9.59 Å². The van der Waals surface area contributed by atoms with Gasteiger partial charge in [-0.3, -0.25) is 14.5 Å². The molecule has 1 aliphatic heterocycles. The largest absolute Gasteiger partial charge is 0.352 e. The first-order valence-corrected chi connectivity index (χ1v) is 10.6. The Labute approximate surface area is 175 Å². The number of hydrogen-bond acceptors (Lipinski definition) is 5. The lowest BCUT2D eigenvalue weighted by Crippen LogP contribution is -2.43. The van der Waals surface area contributed by atoms with E-state index in [0.29, 0.717) is 30.2 Å². The Morgan fingerprint density at radius 2 is 1.90 bits per heavy atom. The van der Waals surface area contributed by atoms with Crippen LogP contribution in [0.25, 0.3) is 0 Å². The maximum Gasteiger partial charge on any atom is 0.239 e. The highest BCUT2D eigenvalue weighted by Crippen LogP contribution is 2.31. The molecule has 152 valence electrons. The van der Waals surface area contributed by atoms with Crippen LogP contribution in [0.1, 0.15) is 34.4 Å². The molecule has 1 aromatic carbocycles. The van der Waals surface area contributed by atoms with Crippen LogP contribution in [-0.4, -0.2) is 36.3 Å². The van der Waals surface area contributed by atoms with Crippen molar-refractivity contribution in [2.24, 2.45) is 5.92 Å². The third-order valence-electron chi connectivity index (χ3n) is 5.39. The monoisotopic (exact) mass is 410 g/mol. The first-order valence-electron chi connectivity index (χ1n) is 9.82. The predicted molar refractivity (Wildman–Crippen MR) is 115 cm³/mol. The van der Waals surface area contributed by atoms with E-state index in [1.165, 1.54) is 11.3 Å². The second-order valence-corrected chi connectivity index (χ2v) is 8.63. The minimum Gasteiger partial charge on any atom is -0.352 e. The summed E-state index contributed by atoms with van der Waals surface area (Å²) in [7, 11) is 0. The number of amides is 2. The van der Waals surface area contributed by atoms with E-state index in [4.69, 9.17) is 0 Å². The zero-order valence-corrected chi connectivity index (χ0v) is 17.6. The summed E-state index contributed by atoms with van der Waals surface area (Å²) in [6, 6.07) is 12.0. The fourth-order valence-corrected chi connectivity index (χ4v) is 4.53. The zero-order valence-electron chi connectivity index (χ0n) is 16.8. The van der Waals surface area contributed by atoms with Gasteiger partial charge in [-0.1, -0.05) is 30.3 Å². The number of nitrogens with zero attached hydrogens (tertiary/aromatic N) is 2. The SMILES string of the molecule is Cc1sc(NC(=O)CN2CCC(C(=O)NCc3ccccc3)CC2)c(C#N)c1C. The number of aryl methyl sites for hydroxylation is 1. The quantitative estimate of drug-likeness (QED) is 0.766. The van der Waals surface area contributed by atoms with Crippen LogP contribution >= 0.6 is 11.3 Å². The molecule has 7 heteroatoms. The summed E-state index contributed by atoms with van der Waals surface area (Å²) in [6.45, 7) is 6.09. The number of carbonyl (C=O) groups excluding carboxylic acids is 2. The molecule has 1 aliphatic rings. The van der Waals surface area contributed by atoms with Gasteiger partial charge in [-0.15, -0.1) is 11.3 Å². The molecular formula is C22H26N4O2S. The molecule has 0 saturated carbocycles. The molecule has 0 aliphatic carbocycles. The summed E-state index contributed by atoms with van der Waals surface area (Å²) in [6.07, 6.45) is 1.49. The Balaban J connectivity index is 1.43. The molecule has 3 rings (SSSR count). The smallest absolute Gasteiger partial charge is 0.239 e. The maximum atomic E-state index is 12.4. The van der Waals surface area contributed by atoms with E-state index in [0.717, 1.165) is 28.8 Å². The number of carbonyl (C=O) groups is 2. The predicted octanol–water partition coefficient (Wildman–Crippen LogP) is 3.20. The van der Waals surface area contributed by atoms with E-state index in [9.17, 15) is 14.9 Å². The van der Waals surface area contributed by atoms with Crippen LogP contribution in [0.15, 0.2) is 30.3 Å². The third kappa shape index (κ3) is 5.43. The van der Waals surface area contributed by atoms with Gasteiger partial charge in [0.05, 0.1) is 12.1 Å². The highest BCUT2D eigenvalue weighted by Gasteiger charge is 2.26. The molecule has 29 heavy (non-hydrogen) atoms. The van der Waals surface area contributed by atoms with Gasteiger partial charge in [0.1, 0.15) is 11.1 Å². The van der Waals surface area contributed by atoms with Crippen LogP contribution < -0.4 is 10.6 Å². The normalized spacial score (nSPS) is 14.9. The van der Waals surface area contributed by atoms with Crippen molar-refractivity contribution in [3.63, 3.8) is 0 Å². The Morgan fingerprint density at radius 1 is 1.21 bits per heavy atom. The van der Waals surface area contributed by atoms with Gasteiger partial charge in [0.15, 0.2) is 0 Å². The van der Waals surface area contributed by atoms with Gasteiger partial charge in [0.25, 0.3) is 0 Å². The number of anilines is 1. The molecule has 1 saturated heterocycles. The van der Waals surface area contributed by atoms with Gasteiger partial charge < -0.3 is 10.6 Å². The summed E-state index contributed by atoms with van der Waals surface area (Å²) < 4.78 is 0. The molecule has 2 N–H and O–H groups in total. The first-order chi connectivity index (χ1) is 14.0. The summed E-state index contributed by atoms with van der Waals surface area (Å²) in [4.78, 5) is 27.9. The number of hydrogen-bond donors (Lipinski definition) is 2. The summed E-state index contributed by atoms with van der Waals surface area (Å²) in [5.74, 6) is -0.0401. The van der Waals surface area contributed by atoms with E-state index in [-0.39, 0.29) is 24.3 Å². The first kappa shape index (κ1) is 21.0. The number of nitriles is 1. The standard InChI is InChI=1S/C22H26N4O2S/c1-15-16(2)29-22(19(15)12-23)25-20(27)14-26-10-8-18(9-11-26)21(28)24-13-17-6-4-3-5-7-17/h3-7,18H,8-11,13-14H2,1-2H3,(H,24,28)(H,25,27). The summed E-state index contributed by atoms with van der Waals surface area (Å²) in [5.41, 5.74) is 2.57. The van der Waals surface area contributed by atoms with Gasteiger partial charge in [0.2, 0.25) is 11.8 Å². The van der Waals surface area contributed by atoms with Crippen molar-refractivity contribution in [2.45, 2.75) is 33.2 Å². The average Bonchev–Trinajstić information content (AvgIpc) is 2.99. The van der Waals surface area contributed by atoms with Gasteiger partial charge in [-0.25, -0.2) is 0 Å². The van der Waals surface area contributed by atoms with Crippen LogP contribution in [0.4, 0.5) is 5.00 Å². The lowest BCUT2D eigenvalue weighted by molar-refractivity contribution is -0.126. The highest BCUT2D eigenvalue weighted by atomic mass is 32.1. The molecular weight excluding hydrogens is 384 g/mol. The fourth-order valence-electron chi connectivity index (χ4n) is 3.50. The summed E-state index contributed by atoms with van der Waals surface area (Å²) in [5, 5.41) is 15.8. The topological polar surface area (TPSA) is 85.2 Å². The van der Waals surface area contributed by atoms with E-state index in [1.54, 1.807) is 0 Å². The number of piperidine rings is 1. The van der Waals surface area contributed by atoms with E-state index < -0.39 is 0 Å². The average molecular weight is 411 g/mol. The second kappa shape index (κ2) is 9.68. The van der Waals surface area contributed by atoms with Crippen LogP contribution in [0.5, 0.6) is 0 Å². The Morgan fingerprint density at radius 3 is 2.55 bits per heavy atom. The van der Waals surface area contributed by atoms with E-state index in [2.05, 4.69) is 21.6 Å². The molecule has 0 radical (unpaired) electrons. The van der Waals surface area contributed by atoms with Crippen molar-refractivity contribution in [3.8, 4) is 6.07 Å². The lowest BCUT2D eigenvalue weighted by atomic mass is 9.96. The van der Waals surface area contributed by atoms with Gasteiger partial charge in [-0.05, 0) is 50.9 Å². The van der Waals surface area contributed by atoms with Gasteiger partial charge >= 0.3 is 0 Å². The molecule has 2 heterocycles. The fraction of sp³-hybridized carbons (Fsp3) is 0.409. The van der Waals surface area contributed by atoms with Crippen LogP contribution in [0.2, 0.25) is 0 Å². The third-order valence-corrected chi connectivity index (χ3v) is 6.51. The molecule has 0 atom stereocenters. The van der Waals surface area contributed by atoms with Crippen molar-refractivity contribution >= 4 is 28.2 Å². The Kier molecular flexibility index (Phi) is 7.02. The highest BCUT2D eigenvalue weighted by molar-refractivity contribution is 7.16. The molecule has 2 amide bonds. The number of rotatable bonds is 6. The molecule has 2 aromatic rings. The summed E-state index contributed by atoms with van der Waals surface area (Å²) >= 11 is 1.44. The second-order valence-electron chi connectivity index (χ2n) is 7.40. The van der Waals surface area contributed by atoms with E-state index >= 15 is 0 Å². The van der Waals surface area contributed by atoms with Crippen LogP contribution in [-0.2, 0) is 16.1 Å². The van der Waals surface area contributed by atoms with Crippen molar-refractivity contribution in [1.29, 1.82) is 5.26 Å². The van der Waals surface area contributed by atoms with Crippen molar-refractivity contribution in [1.82, 2.24) is 10.2 Å². The number of nitrogens with one attached hydrogen (secondary N) is 2. The van der Waals surface area contributed by atoms with Crippen molar-refractivity contribution in [3.05, 3.63) is 51.9 Å². The Hall–Kier alpha value is -2.69. The molecule has 0 spiro atoms. The Bertz CT molecular complexity index is 909. The van der Waals surface area contributed by atoms with Gasteiger partial charge in [0, 0.05) is 17.3 Å². The number of benzene rings is 1. The van der Waals surface area contributed by atoms with Crippen LogP contribution in [0, 0.1) is 31.1 Å². The molecule has 0 bridgehead atoms. The number of thiophene rings is 1. The van der Waals surface area contributed by atoms with Crippen molar-refractivity contribution in [2.75, 3.05) is 25.0 Å². The minimum absolute atomic E-state index is 0.00851. The molecule has 0 unspecified atom stereocenters. The molecule has 1 fully saturated rings. The molecule has 6 nitrogen and oxygen atoms in total. The van der Waals surface area contributed by atoms with Gasteiger partial charge in [-0.2, -0.15) is 5.26 Å². The lowest BCUT2D eigenvalue weighted by Gasteiger charge is -2.30. The maximum absolute atomic E-state index is 12.4. The van der Waals surface area contributed by atoms with E-state index in [1.807, 2.05) is 44.2 Å². The number of likely N-dealkylation sites (tertiary alicyclic amines) is 1.